The first kappa shape index (κ1) is 18.7. The first-order valence-corrected chi connectivity index (χ1v) is 9.59. The molecule has 0 radical (unpaired) electrons. The Balaban J connectivity index is 1.89. The minimum absolute atomic E-state index is 0.282. The molecule has 0 spiro atoms. The van der Waals surface area contributed by atoms with E-state index in [0.717, 1.165) is 16.9 Å². The number of fused-ring (bicyclic) bond motifs is 1. The molecule has 2 aromatic carbocycles. The van der Waals surface area contributed by atoms with Gasteiger partial charge in [-0.1, -0.05) is 42.5 Å². The molecule has 0 saturated heterocycles. The van der Waals surface area contributed by atoms with Crippen LogP contribution in [-0.4, -0.2) is 33.9 Å². The fourth-order valence-corrected chi connectivity index (χ4v) is 3.44. The predicted molar refractivity (Wildman–Crippen MR) is 109 cm³/mol. The lowest BCUT2D eigenvalue weighted by atomic mass is 9.93. The van der Waals surface area contributed by atoms with Crippen molar-refractivity contribution in [3.8, 4) is 5.75 Å². The van der Waals surface area contributed by atoms with Crippen molar-refractivity contribution < 1.29 is 14.3 Å². The normalized spacial score (nSPS) is 15.4. The van der Waals surface area contributed by atoms with Crippen LogP contribution < -0.4 is 10.1 Å². The molecular formula is C22H22N4O3. The van der Waals surface area contributed by atoms with E-state index in [4.69, 9.17) is 9.47 Å². The molecule has 29 heavy (non-hydrogen) atoms. The Morgan fingerprint density at radius 3 is 2.52 bits per heavy atom. The molecule has 3 aromatic rings. The molecule has 1 atom stereocenters. The van der Waals surface area contributed by atoms with Crippen LogP contribution in [0.3, 0.4) is 0 Å². The minimum Gasteiger partial charge on any atom is -0.494 e. The van der Waals surface area contributed by atoms with E-state index in [9.17, 15) is 4.79 Å². The maximum absolute atomic E-state index is 13.1. The lowest BCUT2D eigenvalue weighted by Gasteiger charge is -2.29. The van der Waals surface area contributed by atoms with Crippen LogP contribution in [0.4, 0.5) is 5.95 Å². The van der Waals surface area contributed by atoms with Gasteiger partial charge in [-0.25, -0.2) is 9.48 Å². The maximum atomic E-state index is 13.1. The Morgan fingerprint density at radius 1 is 1.07 bits per heavy atom. The second-order valence-electron chi connectivity index (χ2n) is 6.43. The molecule has 0 bridgehead atoms. The summed E-state index contributed by atoms with van der Waals surface area (Å²) in [5.74, 6) is 0.948. The van der Waals surface area contributed by atoms with Crippen molar-refractivity contribution in [1.29, 1.82) is 0 Å². The number of carbonyl (C=O) groups excluding carboxylic acids is 1. The highest BCUT2D eigenvalue weighted by atomic mass is 16.5. The Kier molecular flexibility index (Phi) is 5.29. The average Bonchev–Trinajstić information content (AvgIpc) is 3.22. The standard InChI is InChI=1S/C22H22N4O3/c1-3-28-17-12-10-16(11-13-17)20-18(21(27)29-4-2)19(15-8-6-5-7-9-15)25-22-23-14-24-26(20)22/h5-14,20H,3-4H2,1-2H3,(H,23,24,25)/t20-/m1/s1. The molecule has 0 unspecified atom stereocenters. The van der Waals surface area contributed by atoms with Gasteiger partial charge < -0.3 is 14.8 Å². The van der Waals surface area contributed by atoms with Crippen LogP contribution in [-0.2, 0) is 9.53 Å². The summed E-state index contributed by atoms with van der Waals surface area (Å²) < 4.78 is 12.7. The summed E-state index contributed by atoms with van der Waals surface area (Å²) in [4.78, 5) is 17.4. The maximum Gasteiger partial charge on any atom is 0.338 e. The van der Waals surface area contributed by atoms with Crippen molar-refractivity contribution in [2.45, 2.75) is 19.9 Å². The number of anilines is 1. The van der Waals surface area contributed by atoms with Gasteiger partial charge in [0.2, 0.25) is 5.95 Å². The Bertz CT molecular complexity index is 1030. The molecule has 0 amide bonds. The van der Waals surface area contributed by atoms with Crippen LogP contribution in [0.25, 0.3) is 5.70 Å². The lowest BCUT2D eigenvalue weighted by Crippen LogP contribution is -2.30. The molecule has 2 heterocycles. The van der Waals surface area contributed by atoms with E-state index < -0.39 is 6.04 Å². The molecule has 1 aliphatic rings. The number of nitrogens with one attached hydrogen (secondary N) is 1. The number of aromatic nitrogens is 3. The summed E-state index contributed by atoms with van der Waals surface area (Å²) in [7, 11) is 0. The smallest absolute Gasteiger partial charge is 0.338 e. The predicted octanol–water partition coefficient (Wildman–Crippen LogP) is 3.67. The van der Waals surface area contributed by atoms with Gasteiger partial charge in [0, 0.05) is 0 Å². The van der Waals surface area contributed by atoms with Crippen LogP contribution >= 0.6 is 0 Å². The zero-order valence-electron chi connectivity index (χ0n) is 16.3. The van der Waals surface area contributed by atoms with Gasteiger partial charge in [-0.15, -0.1) is 0 Å². The second-order valence-corrected chi connectivity index (χ2v) is 6.43. The summed E-state index contributed by atoms with van der Waals surface area (Å²) in [6.07, 6.45) is 1.47. The van der Waals surface area contributed by atoms with Gasteiger partial charge in [0.25, 0.3) is 0 Å². The van der Waals surface area contributed by atoms with Gasteiger partial charge in [-0.3, -0.25) is 0 Å². The van der Waals surface area contributed by atoms with E-state index in [1.54, 1.807) is 11.6 Å². The molecule has 7 heteroatoms. The van der Waals surface area contributed by atoms with Crippen LogP contribution in [0.15, 0.2) is 66.5 Å². The highest BCUT2D eigenvalue weighted by molar-refractivity contribution is 6.02. The molecule has 4 rings (SSSR count). The zero-order valence-corrected chi connectivity index (χ0v) is 16.3. The van der Waals surface area contributed by atoms with Crippen molar-refractivity contribution in [2.75, 3.05) is 18.5 Å². The summed E-state index contributed by atoms with van der Waals surface area (Å²) in [6.45, 7) is 4.61. The van der Waals surface area contributed by atoms with Gasteiger partial charge in [-0.05, 0) is 37.1 Å². The van der Waals surface area contributed by atoms with Crippen molar-refractivity contribution in [3.05, 3.63) is 77.6 Å². The van der Waals surface area contributed by atoms with Crippen LogP contribution in [0.5, 0.6) is 5.75 Å². The topological polar surface area (TPSA) is 78.3 Å². The summed E-state index contributed by atoms with van der Waals surface area (Å²) in [5, 5.41) is 7.62. The van der Waals surface area contributed by atoms with Crippen molar-refractivity contribution in [3.63, 3.8) is 0 Å². The molecule has 0 fully saturated rings. The first-order valence-electron chi connectivity index (χ1n) is 9.59. The van der Waals surface area contributed by atoms with Crippen molar-refractivity contribution in [1.82, 2.24) is 14.8 Å². The van der Waals surface area contributed by atoms with Crippen molar-refractivity contribution >= 4 is 17.6 Å². The van der Waals surface area contributed by atoms with Gasteiger partial charge in [0.05, 0.1) is 24.5 Å². The van der Waals surface area contributed by atoms with E-state index in [1.165, 1.54) is 6.33 Å². The third-order valence-corrected chi connectivity index (χ3v) is 4.66. The first-order chi connectivity index (χ1) is 14.2. The van der Waals surface area contributed by atoms with E-state index >= 15 is 0 Å². The van der Waals surface area contributed by atoms with Gasteiger partial charge in [0.1, 0.15) is 18.1 Å². The van der Waals surface area contributed by atoms with E-state index in [0.29, 0.717) is 23.8 Å². The van der Waals surface area contributed by atoms with Crippen LogP contribution in [0, 0.1) is 0 Å². The summed E-state index contributed by atoms with van der Waals surface area (Å²) in [6, 6.07) is 16.9. The fraction of sp³-hybridized carbons (Fsp3) is 0.227. The molecule has 1 aliphatic heterocycles. The third kappa shape index (κ3) is 3.59. The largest absolute Gasteiger partial charge is 0.494 e. The Hall–Kier alpha value is -3.61. The second kappa shape index (κ2) is 8.18. The third-order valence-electron chi connectivity index (χ3n) is 4.66. The highest BCUT2D eigenvalue weighted by Gasteiger charge is 2.36. The van der Waals surface area contributed by atoms with Gasteiger partial charge in [0.15, 0.2) is 0 Å². The number of esters is 1. The van der Waals surface area contributed by atoms with E-state index in [-0.39, 0.29) is 12.6 Å². The molecule has 148 valence electrons. The van der Waals surface area contributed by atoms with Gasteiger partial charge in [-0.2, -0.15) is 10.1 Å². The number of benzene rings is 2. The molecule has 0 saturated carbocycles. The highest BCUT2D eigenvalue weighted by Crippen LogP contribution is 2.39. The molecule has 0 aliphatic carbocycles. The number of nitrogens with zero attached hydrogens (tertiary/aromatic N) is 3. The van der Waals surface area contributed by atoms with E-state index in [2.05, 4.69) is 15.4 Å². The summed E-state index contributed by atoms with van der Waals surface area (Å²) >= 11 is 0. The SMILES string of the molecule is CCOC(=O)C1=C(c2ccccc2)Nc2ncnn2[C@@H]1c1ccc(OCC)cc1. The van der Waals surface area contributed by atoms with Crippen LogP contribution in [0.1, 0.15) is 31.0 Å². The van der Waals surface area contributed by atoms with Crippen LogP contribution in [0.2, 0.25) is 0 Å². The average molecular weight is 390 g/mol. The zero-order chi connectivity index (χ0) is 20.2. The number of hydrogen-bond acceptors (Lipinski definition) is 6. The lowest BCUT2D eigenvalue weighted by molar-refractivity contribution is -0.138. The molecular weight excluding hydrogens is 368 g/mol. The minimum atomic E-state index is -0.473. The fourth-order valence-electron chi connectivity index (χ4n) is 3.44. The number of ether oxygens (including phenoxy) is 2. The Labute approximate surface area is 169 Å². The quantitative estimate of drug-likeness (QED) is 0.647. The monoisotopic (exact) mass is 390 g/mol. The van der Waals surface area contributed by atoms with Crippen molar-refractivity contribution in [2.24, 2.45) is 0 Å². The molecule has 1 N–H and O–H groups in total. The van der Waals surface area contributed by atoms with Gasteiger partial charge >= 0.3 is 5.97 Å². The number of carbonyl (C=O) groups is 1. The molecule has 7 nitrogen and oxygen atoms in total. The van der Waals surface area contributed by atoms with E-state index in [1.807, 2.05) is 61.5 Å². The number of hydrogen-bond donors (Lipinski definition) is 1. The number of rotatable bonds is 6. The molecule has 1 aromatic heterocycles. The Morgan fingerprint density at radius 2 is 1.83 bits per heavy atom. The summed E-state index contributed by atoms with van der Waals surface area (Å²) in [5.41, 5.74) is 2.92.